The zero-order valence-electron chi connectivity index (χ0n) is 12.1. The van der Waals surface area contributed by atoms with Gasteiger partial charge in [0.2, 0.25) is 0 Å². The number of benzene rings is 1. The van der Waals surface area contributed by atoms with Crippen LogP contribution in [0.1, 0.15) is 35.5 Å². The van der Waals surface area contributed by atoms with Crippen molar-refractivity contribution < 1.29 is 5.11 Å². The number of fused-ring (bicyclic) bond motifs is 1. The highest BCUT2D eigenvalue weighted by Gasteiger charge is 2.31. The lowest BCUT2D eigenvalue weighted by atomic mass is 10.1. The number of rotatable bonds is 3. The van der Waals surface area contributed by atoms with Crippen molar-refractivity contribution in [3.63, 3.8) is 0 Å². The zero-order chi connectivity index (χ0) is 15.0. The molecule has 1 aromatic heterocycles. The maximum Gasteiger partial charge on any atom is 0.148 e. The topological polar surface area (TPSA) is 58.0 Å². The number of anilines is 1. The minimum atomic E-state index is -0.433. The second kappa shape index (κ2) is 5.73. The number of halogens is 1. The molecule has 2 N–H and O–H groups in total. The molecular formula is C16H18BrN3O. The van der Waals surface area contributed by atoms with Gasteiger partial charge in [0, 0.05) is 6.42 Å². The highest BCUT2D eigenvalue weighted by molar-refractivity contribution is 9.10. The van der Waals surface area contributed by atoms with E-state index in [1.807, 2.05) is 26.0 Å². The first kappa shape index (κ1) is 14.5. The van der Waals surface area contributed by atoms with Crippen LogP contribution in [0, 0.1) is 6.92 Å². The molecule has 5 heteroatoms. The molecule has 0 aliphatic heterocycles. The number of nitrogens with one attached hydrogen (secondary N) is 1. The summed E-state index contributed by atoms with van der Waals surface area (Å²) >= 11 is 3.44. The van der Waals surface area contributed by atoms with Crippen molar-refractivity contribution in [2.45, 2.75) is 38.8 Å². The monoisotopic (exact) mass is 347 g/mol. The Morgan fingerprint density at radius 2 is 2.10 bits per heavy atom. The van der Waals surface area contributed by atoms with Gasteiger partial charge in [-0.3, -0.25) is 0 Å². The molecule has 1 heterocycles. The van der Waals surface area contributed by atoms with E-state index in [0.29, 0.717) is 6.42 Å². The maximum atomic E-state index is 10.3. The highest BCUT2D eigenvalue weighted by atomic mass is 79.9. The third-order valence-corrected chi connectivity index (χ3v) is 4.56. The average molecular weight is 348 g/mol. The van der Waals surface area contributed by atoms with Crippen LogP contribution in [0.4, 0.5) is 5.82 Å². The van der Waals surface area contributed by atoms with Gasteiger partial charge in [-0.15, -0.1) is 0 Å². The fourth-order valence-electron chi connectivity index (χ4n) is 2.78. The van der Waals surface area contributed by atoms with Crippen LogP contribution in [-0.2, 0) is 12.8 Å². The van der Waals surface area contributed by atoms with Gasteiger partial charge in [0.15, 0.2) is 0 Å². The van der Waals surface area contributed by atoms with Crippen molar-refractivity contribution in [1.82, 2.24) is 9.97 Å². The molecule has 1 aliphatic carbocycles. The Balaban J connectivity index is 1.94. The Labute approximate surface area is 132 Å². The van der Waals surface area contributed by atoms with Crippen LogP contribution in [0.5, 0.6) is 0 Å². The van der Waals surface area contributed by atoms with E-state index in [-0.39, 0.29) is 6.04 Å². The number of aliphatic hydroxyl groups is 1. The lowest BCUT2D eigenvalue weighted by Crippen LogP contribution is -2.22. The van der Waals surface area contributed by atoms with Crippen LogP contribution in [0.15, 0.2) is 28.9 Å². The number of aliphatic hydroxyl groups excluding tert-OH is 1. The summed E-state index contributed by atoms with van der Waals surface area (Å²) in [5, 5.41) is 13.7. The van der Waals surface area contributed by atoms with Crippen LogP contribution in [0.3, 0.4) is 0 Å². The molecule has 0 radical (unpaired) electrons. The summed E-state index contributed by atoms with van der Waals surface area (Å²) in [6.07, 6.45) is 1.06. The van der Waals surface area contributed by atoms with Gasteiger partial charge in [-0.1, -0.05) is 31.2 Å². The van der Waals surface area contributed by atoms with E-state index in [9.17, 15) is 5.11 Å². The van der Waals surface area contributed by atoms with Crippen molar-refractivity contribution >= 4 is 21.7 Å². The van der Waals surface area contributed by atoms with Crippen LogP contribution in [0.25, 0.3) is 0 Å². The van der Waals surface area contributed by atoms with E-state index in [0.717, 1.165) is 33.8 Å². The van der Waals surface area contributed by atoms with Crippen LogP contribution in [-0.4, -0.2) is 21.2 Å². The van der Waals surface area contributed by atoms with E-state index in [1.54, 1.807) is 0 Å². The van der Waals surface area contributed by atoms with Crippen molar-refractivity contribution in [3.05, 3.63) is 51.4 Å². The third-order valence-electron chi connectivity index (χ3n) is 3.92. The first-order valence-electron chi connectivity index (χ1n) is 7.15. The molecule has 0 saturated heterocycles. The minimum Gasteiger partial charge on any atom is -0.390 e. The van der Waals surface area contributed by atoms with Gasteiger partial charge in [-0.25, -0.2) is 9.97 Å². The summed E-state index contributed by atoms with van der Waals surface area (Å²) in [4.78, 5) is 9.11. The molecule has 21 heavy (non-hydrogen) atoms. The molecule has 2 aromatic rings. The molecule has 3 rings (SSSR count). The Kier molecular flexibility index (Phi) is 3.95. The molecule has 0 amide bonds. The SMILES string of the molecule is CCc1nc(N[C@@H]2c3ccccc3C[C@@H]2O)c(C)nc1Br. The van der Waals surface area contributed by atoms with Crippen LogP contribution < -0.4 is 5.32 Å². The van der Waals surface area contributed by atoms with Gasteiger partial charge in [0.25, 0.3) is 0 Å². The lowest BCUT2D eigenvalue weighted by Gasteiger charge is -2.20. The number of aromatic nitrogens is 2. The summed E-state index contributed by atoms with van der Waals surface area (Å²) in [5.41, 5.74) is 4.09. The predicted octanol–water partition coefficient (Wildman–Crippen LogP) is 3.18. The van der Waals surface area contributed by atoms with Crippen LogP contribution >= 0.6 is 15.9 Å². The van der Waals surface area contributed by atoms with Gasteiger partial charge < -0.3 is 10.4 Å². The van der Waals surface area contributed by atoms with E-state index in [2.05, 4.69) is 43.3 Å². The Hall–Kier alpha value is -1.46. The normalized spacial score (nSPS) is 20.4. The van der Waals surface area contributed by atoms with Gasteiger partial charge in [0.05, 0.1) is 23.5 Å². The van der Waals surface area contributed by atoms with E-state index < -0.39 is 6.10 Å². The molecule has 1 aliphatic rings. The number of hydrogen-bond acceptors (Lipinski definition) is 4. The molecular weight excluding hydrogens is 330 g/mol. The van der Waals surface area contributed by atoms with Gasteiger partial charge in [0.1, 0.15) is 10.4 Å². The predicted molar refractivity (Wildman–Crippen MR) is 86.4 cm³/mol. The van der Waals surface area contributed by atoms with Gasteiger partial charge in [-0.2, -0.15) is 0 Å². The van der Waals surface area contributed by atoms with E-state index in [1.165, 1.54) is 5.56 Å². The lowest BCUT2D eigenvalue weighted by molar-refractivity contribution is 0.165. The smallest absolute Gasteiger partial charge is 0.148 e. The molecule has 110 valence electrons. The summed E-state index contributed by atoms with van der Waals surface area (Å²) in [5.74, 6) is 0.746. The summed E-state index contributed by atoms with van der Waals surface area (Å²) < 4.78 is 0.792. The highest BCUT2D eigenvalue weighted by Crippen LogP contribution is 2.34. The van der Waals surface area contributed by atoms with E-state index in [4.69, 9.17) is 0 Å². The summed E-state index contributed by atoms with van der Waals surface area (Å²) in [6, 6.07) is 8.01. The maximum absolute atomic E-state index is 10.3. The first-order chi connectivity index (χ1) is 10.1. The number of aryl methyl sites for hydroxylation is 2. The Bertz CT molecular complexity index is 675. The molecule has 0 spiro atoms. The Morgan fingerprint density at radius 1 is 1.33 bits per heavy atom. The number of nitrogens with zero attached hydrogens (tertiary/aromatic N) is 2. The second-order valence-corrected chi connectivity index (χ2v) is 6.09. The fourth-order valence-corrected chi connectivity index (χ4v) is 3.42. The standard InChI is InChI=1S/C16H18BrN3O/c1-3-12-15(17)18-9(2)16(19-12)20-14-11-7-5-4-6-10(11)8-13(14)21/h4-7,13-14,21H,3,8H2,1-2H3,(H,19,20)/t13-,14+/m0/s1. The average Bonchev–Trinajstić information content (AvgIpc) is 2.78. The minimum absolute atomic E-state index is 0.125. The quantitative estimate of drug-likeness (QED) is 0.895. The van der Waals surface area contributed by atoms with Gasteiger partial charge >= 0.3 is 0 Å². The second-order valence-electron chi connectivity index (χ2n) is 5.34. The third kappa shape index (κ3) is 2.68. The van der Waals surface area contributed by atoms with Gasteiger partial charge in [-0.05, 0) is 40.4 Å². The Morgan fingerprint density at radius 3 is 2.86 bits per heavy atom. The molecule has 1 aromatic carbocycles. The zero-order valence-corrected chi connectivity index (χ0v) is 13.7. The molecule has 0 bridgehead atoms. The van der Waals surface area contributed by atoms with Crippen molar-refractivity contribution in [1.29, 1.82) is 0 Å². The fraction of sp³-hybridized carbons (Fsp3) is 0.375. The molecule has 0 saturated carbocycles. The molecule has 4 nitrogen and oxygen atoms in total. The van der Waals surface area contributed by atoms with Crippen LogP contribution in [0.2, 0.25) is 0 Å². The number of hydrogen-bond donors (Lipinski definition) is 2. The van der Waals surface area contributed by atoms with Crippen molar-refractivity contribution in [2.75, 3.05) is 5.32 Å². The van der Waals surface area contributed by atoms with Crippen molar-refractivity contribution in [3.8, 4) is 0 Å². The first-order valence-corrected chi connectivity index (χ1v) is 7.95. The summed E-state index contributed by atoms with van der Waals surface area (Å²) in [7, 11) is 0. The summed E-state index contributed by atoms with van der Waals surface area (Å²) in [6.45, 7) is 3.97. The van der Waals surface area contributed by atoms with Crippen molar-refractivity contribution in [2.24, 2.45) is 0 Å². The molecule has 0 fully saturated rings. The van der Waals surface area contributed by atoms with E-state index >= 15 is 0 Å². The molecule has 0 unspecified atom stereocenters. The largest absolute Gasteiger partial charge is 0.390 e. The molecule has 2 atom stereocenters.